The zero-order valence-electron chi connectivity index (χ0n) is 17.7. The number of ether oxygens (including phenoxy) is 1. The van der Waals surface area contributed by atoms with Gasteiger partial charge in [0, 0.05) is 36.2 Å². The molecule has 31 heavy (non-hydrogen) atoms. The summed E-state index contributed by atoms with van der Waals surface area (Å²) in [7, 11) is 0. The summed E-state index contributed by atoms with van der Waals surface area (Å²) in [5.74, 6) is -0.128. The molecule has 0 bridgehead atoms. The van der Waals surface area contributed by atoms with Crippen LogP contribution in [-0.4, -0.2) is 53.3 Å². The summed E-state index contributed by atoms with van der Waals surface area (Å²) < 4.78 is 20.3. The SMILES string of the molecule is CC(=O)c1cc(Br)cc(Br)c1OCC(=O)N1C[C@@H](C)N(Cc2ccc(F)cc2)C[C@@H]1C. The molecule has 166 valence electrons. The number of carbonyl (C=O) groups is 2. The average Bonchev–Trinajstić information content (AvgIpc) is 2.70. The monoisotopic (exact) mass is 554 g/mol. The largest absolute Gasteiger partial charge is 0.482 e. The Kier molecular flexibility index (Phi) is 7.88. The topological polar surface area (TPSA) is 49.9 Å². The summed E-state index contributed by atoms with van der Waals surface area (Å²) in [4.78, 5) is 29.0. The van der Waals surface area contributed by atoms with Crippen LogP contribution in [0, 0.1) is 5.82 Å². The molecule has 2 aromatic rings. The van der Waals surface area contributed by atoms with Crippen LogP contribution >= 0.6 is 31.9 Å². The standard InChI is InChI=1S/C23H25Br2FN2O3/c1-14-11-28(15(2)10-27(14)12-17-4-6-19(26)7-5-17)22(30)13-31-23-20(16(3)29)8-18(24)9-21(23)25/h4-9,14-15H,10-13H2,1-3H3/t14-,15+/m1/s1. The number of rotatable bonds is 6. The maximum absolute atomic E-state index is 13.2. The summed E-state index contributed by atoms with van der Waals surface area (Å²) in [6, 6.07) is 10.1. The van der Waals surface area contributed by atoms with Gasteiger partial charge in [0.25, 0.3) is 5.91 Å². The summed E-state index contributed by atoms with van der Waals surface area (Å²) >= 11 is 6.78. The van der Waals surface area contributed by atoms with Crippen LogP contribution < -0.4 is 4.74 Å². The maximum Gasteiger partial charge on any atom is 0.260 e. The van der Waals surface area contributed by atoms with Crippen molar-refractivity contribution >= 4 is 43.6 Å². The van der Waals surface area contributed by atoms with E-state index >= 15 is 0 Å². The lowest BCUT2D eigenvalue weighted by atomic mass is 10.1. The first-order valence-electron chi connectivity index (χ1n) is 10.1. The normalized spacial score (nSPS) is 19.4. The smallest absolute Gasteiger partial charge is 0.260 e. The van der Waals surface area contributed by atoms with E-state index in [-0.39, 0.29) is 36.2 Å². The van der Waals surface area contributed by atoms with Gasteiger partial charge in [0.15, 0.2) is 12.4 Å². The van der Waals surface area contributed by atoms with Crippen molar-refractivity contribution in [1.29, 1.82) is 0 Å². The third-order valence-corrected chi connectivity index (χ3v) is 6.51. The van der Waals surface area contributed by atoms with Gasteiger partial charge in [-0.2, -0.15) is 0 Å². The van der Waals surface area contributed by atoms with E-state index in [1.165, 1.54) is 19.1 Å². The van der Waals surface area contributed by atoms with Crippen LogP contribution in [-0.2, 0) is 11.3 Å². The van der Waals surface area contributed by atoms with Gasteiger partial charge in [0.05, 0.1) is 10.0 Å². The van der Waals surface area contributed by atoms with E-state index in [0.29, 0.717) is 35.4 Å². The van der Waals surface area contributed by atoms with Crippen molar-refractivity contribution < 1.29 is 18.7 Å². The molecule has 1 saturated heterocycles. The molecule has 1 heterocycles. The highest BCUT2D eigenvalue weighted by Gasteiger charge is 2.32. The van der Waals surface area contributed by atoms with Crippen molar-refractivity contribution in [1.82, 2.24) is 9.80 Å². The highest BCUT2D eigenvalue weighted by molar-refractivity contribution is 9.11. The molecular formula is C23H25Br2FN2O3. The number of ketones is 1. The Morgan fingerprint density at radius 2 is 1.77 bits per heavy atom. The second kappa shape index (κ2) is 10.2. The third kappa shape index (κ3) is 5.93. The number of hydrogen-bond acceptors (Lipinski definition) is 4. The molecule has 0 unspecified atom stereocenters. The van der Waals surface area contributed by atoms with E-state index in [1.807, 2.05) is 11.8 Å². The van der Waals surface area contributed by atoms with Crippen LogP contribution in [0.5, 0.6) is 5.75 Å². The van der Waals surface area contributed by atoms with E-state index in [2.05, 4.69) is 43.7 Å². The van der Waals surface area contributed by atoms with E-state index in [0.717, 1.165) is 10.0 Å². The van der Waals surface area contributed by atoms with Gasteiger partial charge in [-0.3, -0.25) is 14.5 Å². The zero-order chi connectivity index (χ0) is 22.7. The van der Waals surface area contributed by atoms with Gasteiger partial charge in [-0.15, -0.1) is 0 Å². The second-order valence-corrected chi connectivity index (χ2v) is 9.68. The summed E-state index contributed by atoms with van der Waals surface area (Å²) in [6.07, 6.45) is 0. The molecule has 0 aliphatic carbocycles. The van der Waals surface area contributed by atoms with Gasteiger partial charge in [0.1, 0.15) is 11.6 Å². The summed E-state index contributed by atoms with van der Waals surface area (Å²) in [5, 5.41) is 0. The Morgan fingerprint density at radius 3 is 2.42 bits per heavy atom. The van der Waals surface area contributed by atoms with Crippen LogP contribution in [0.25, 0.3) is 0 Å². The lowest BCUT2D eigenvalue weighted by Crippen LogP contribution is -2.58. The minimum Gasteiger partial charge on any atom is -0.482 e. The molecule has 8 heteroatoms. The van der Waals surface area contributed by atoms with Crippen molar-refractivity contribution in [3.8, 4) is 5.75 Å². The summed E-state index contributed by atoms with van der Waals surface area (Å²) in [5.41, 5.74) is 1.46. The molecule has 2 atom stereocenters. The van der Waals surface area contributed by atoms with Crippen molar-refractivity contribution in [2.75, 3.05) is 19.7 Å². The first-order chi connectivity index (χ1) is 14.7. The fourth-order valence-electron chi connectivity index (χ4n) is 3.78. The fraction of sp³-hybridized carbons (Fsp3) is 0.391. The highest BCUT2D eigenvalue weighted by atomic mass is 79.9. The predicted octanol–water partition coefficient (Wildman–Crippen LogP) is 5.05. The van der Waals surface area contributed by atoms with Crippen LogP contribution in [0.15, 0.2) is 45.3 Å². The molecule has 1 amide bonds. The Hall–Kier alpha value is -1.77. The Balaban J connectivity index is 1.63. The molecule has 1 fully saturated rings. The molecular weight excluding hydrogens is 531 g/mol. The molecule has 5 nitrogen and oxygen atoms in total. The van der Waals surface area contributed by atoms with Crippen LogP contribution in [0.2, 0.25) is 0 Å². The number of amides is 1. The van der Waals surface area contributed by atoms with E-state index in [9.17, 15) is 14.0 Å². The number of piperazine rings is 1. The maximum atomic E-state index is 13.2. The van der Waals surface area contributed by atoms with Gasteiger partial charge in [-0.05, 0) is 66.5 Å². The highest BCUT2D eigenvalue weighted by Crippen LogP contribution is 2.33. The Bertz CT molecular complexity index is 968. The third-order valence-electron chi connectivity index (χ3n) is 5.46. The molecule has 0 saturated carbocycles. The molecule has 0 spiro atoms. The first-order valence-corrected chi connectivity index (χ1v) is 11.6. The van der Waals surface area contributed by atoms with Crippen LogP contribution in [0.1, 0.15) is 36.7 Å². The van der Waals surface area contributed by atoms with Gasteiger partial charge < -0.3 is 9.64 Å². The van der Waals surface area contributed by atoms with Gasteiger partial charge in [-0.25, -0.2) is 4.39 Å². The molecule has 1 aliphatic heterocycles. The van der Waals surface area contributed by atoms with Crippen molar-refractivity contribution in [2.24, 2.45) is 0 Å². The van der Waals surface area contributed by atoms with E-state index < -0.39 is 0 Å². The van der Waals surface area contributed by atoms with Crippen LogP contribution in [0.3, 0.4) is 0 Å². The number of halogens is 3. The molecule has 0 N–H and O–H groups in total. The lowest BCUT2D eigenvalue weighted by Gasteiger charge is -2.44. The quantitative estimate of drug-likeness (QED) is 0.468. The molecule has 2 aromatic carbocycles. The first kappa shape index (κ1) is 23.9. The van der Waals surface area contributed by atoms with Gasteiger partial charge >= 0.3 is 0 Å². The van der Waals surface area contributed by atoms with Crippen LogP contribution in [0.4, 0.5) is 4.39 Å². The second-order valence-electron chi connectivity index (χ2n) is 7.91. The lowest BCUT2D eigenvalue weighted by molar-refractivity contribution is -0.139. The van der Waals surface area contributed by atoms with Gasteiger partial charge in [0.2, 0.25) is 0 Å². The molecule has 1 aliphatic rings. The van der Waals surface area contributed by atoms with Crippen molar-refractivity contribution in [3.63, 3.8) is 0 Å². The minimum absolute atomic E-state index is 0.00776. The van der Waals surface area contributed by atoms with E-state index in [4.69, 9.17) is 4.74 Å². The number of Topliss-reactive ketones (excluding diaryl/α,β-unsaturated/α-hetero) is 1. The molecule has 3 rings (SSSR count). The predicted molar refractivity (Wildman–Crippen MR) is 125 cm³/mol. The number of hydrogen-bond donors (Lipinski definition) is 0. The summed E-state index contributed by atoms with van der Waals surface area (Å²) in [6.45, 7) is 7.41. The number of nitrogens with zero attached hydrogens (tertiary/aromatic N) is 2. The number of benzene rings is 2. The van der Waals surface area contributed by atoms with Crippen molar-refractivity contribution in [2.45, 2.75) is 39.4 Å². The minimum atomic E-state index is -0.245. The van der Waals surface area contributed by atoms with E-state index in [1.54, 1.807) is 24.3 Å². The zero-order valence-corrected chi connectivity index (χ0v) is 20.9. The van der Waals surface area contributed by atoms with Crippen molar-refractivity contribution in [3.05, 3.63) is 62.3 Å². The Labute approximate surface area is 198 Å². The molecule has 0 radical (unpaired) electrons. The van der Waals surface area contributed by atoms with Gasteiger partial charge in [-0.1, -0.05) is 28.1 Å². The Morgan fingerprint density at radius 1 is 1.10 bits per heavy atom. The fourth-order valence-corrected chi connectivity index (χ4v) is 5.12. The number of carbonyl (C=O) groups excluding carboxylic acids is 2. The average molecular weight is 556 g/mol. The molecule has 0 aromatic heterocycles.